The molecule has 1 saturated heterocycles. The van der Waals surface area contributed by atoms with Crippen molar-refractivity contribution in [3.63, 3.8) is 0 Å². The van der Waals surface area contributed by atoms with E-state index in [0.29, 0.717) is 18.1 Å². The fourth-order valence-corrected chi connectivity index (χ4v) is 2.55. The van der Waals surface area contributed by atoms with E-state index in [1.807, 2.05) is 58.9 Å². The third kappa shape index (κ3) is 3.52. The molecule has 3 rings (SSSR count). The Hall–Kier alpha value is -2.19. The van der Waals surface area contributed by atoms with Crippen molar-refractivity contribution >= 4 is 13.2 Å². The number of hydrogen-bond acceptors (Lipinski definition) is 5. The van der Waals surface area contributed by atoms with Crippen molar-refractivity contribution < 1.29 is 18.4 Å². The van der Waals surface area contributed by atoms with Gasteiger partial charge in [0.2, 0.25) is 0 Å². The van der Waals surface area contributed by atoms with Crippen LogP contribution in [-0.2, 0) is 9.31 Å². The van der Waals surface area contributed by atoms with Crippen LogP contribution in [0.1, 0.15) is 40.3 Å². The molecule has 0 unspecified atom stereocenters. The molecule has 1 aromatic heterocycles. The van der Waals surface area contributed by atoms with Crippen LogP contribution >= 0.6 is 0 Å². The Kier molecular flexibility index (Phi) is 4.90. The first-order chi connectivity index (χ1) is 12.2. The highest BCUT2D eigenvalue weighted by Crippen LogP contribution is 2.39. The van der Waals surface area contributed by atoms with Gasteiger partial charge in [0, 0.05) is 0 Å². The predicted molar refractivity (Wildman–Crippen MR) is 97.7 cm³/mol. The van der Waals surface area contributed by atoms with Gasteiger partial charge in [0.05, 0.1) is 24.0 Å². The molecule has 1 aliphatic rings. The molecule has 1 aromatic carbocycles. The van der Waals surface area contributed by atoms with Crippen LogP contribution in [0.2, 0.25) is 0 Å². The van der Waals surface area contributed by atoms with E-state index in [1.165, 1.54) is 6.08 Å². The number of rotatable bonds is 5. The van der Waals surface area contributed by atoms with Gasteiger partial charge in [-0.2, -0.15) is 0 Å². The summed E-state index contributed by atoms with van der Waals surface area (Å²) in [5.41, 5.74) is -0.650. The lowest BCUT2D eigenvalue weighted by molar-refractivity contribution is 0.00578. The van der Waals surface area contributed by atoms with Gasteiger partial charge in [0.25, 0.3) is 0 Å². The average molecular weight is 359 g/mol. The zero-order chi connectivity index (χ0) is 18.9. The largest absolute Gasteiger partial charge is 0.525 e. The van der Waals surface area contributed by atoms with Gasteiger partial charge in [-0.25, -0.2) is 9.07 Å². The highest BCUT2D eigenvalue weighted by molar-refractivity contribution is 6.54. The molecule has 26 heavy (non-hydrogen) atoms. The van der Waals surface area contributed by atoms with Crippen LogP contribution < -0.4 is 4.74 Å². The lowest BCUT2D eigenvalue weighted by Crippen LogP contribution is -2.41. The lowest BCUT2D eigenvalue weighted by Gasteiger charge is -2.32. The first-order valence-corrected chi connectivity index (χ1v) is 8.61. The Bertz CT molecular complexity index is 804. The van der Waals surface area contributed by atoms with Crippen LogP contribution in [0.3, 0.4) is 0 Å². The number of nitrogens with zero attached hydrogens (tertiary/aromatic N) is 3. The van der Waals surface area contributed by atoms with E-state index in [0.717, 1.165) is 5.69 Å². The van der Waals surface area contributed by atoms with E-state index >= 15 is 0 Å². The summed E-state index contributed by atoms with van der Waals surface area (Å²) in [6, 6.07) is 7.46. The van der Waals surface area contributed by atoms with Gasteiger partial charge in [-0.1, -0.05) is 17.3 Å². The van der Waals surface area contributed by atoms with Crippen molar-refractivity contribution in [3.05, 3.63) is 41.9 Å². The van der Waals surface area contributed by atoms with Gasteiger partial charge in [-0.3, -0.25) is 0 Å². The third-order valence-corrected chi connectivity index (χ3v) is 4.69. The minimum Gasteiger partial charge on any atom is -0.492 e. The number of benzene rings is 1. The van der Waals surface area contributed by atoms with Crippen molar-refractivity contribution in [1.82, 2.24) is 15.0 Å². The molecule has 0 atom stereocenters. The number of ether oxygens (including phenoxy) is 1. The maximum absolute atomic E-state index is 14.6. The van der Waals surface area contributed by atoms with Crippen LogP contribution in [0.15, 0.2) is 36.2 Å². The Morgan fingerprint density at radius 3 is 2.54 bits per heavy atom. The smallest absolute Gasteiger partial charge is 0.492 e. The van der Waals surface area contributed by atoms with Crippen molar-refractivity contribution in [2.45, 2.75) is 45.8 Å². The Morgan fingerprint density at radius 2 is 1.88 bits per heavy atom. The summed E-state index contributed by atoms with van der Waals surface area (Å²) < 4.78 is 33.1. The molecule has 0 saturated carbocycles. The summed E-state index contributed by atoms with van der Waals surface area (Å²) in [7, 11) is -1.05. The highest BCUT2D eigenvalue weighted by atomic mass is 19.1. The van der Waals surface area contributed by atoms with Crippen molar-refractivity contribution in [2.75, 3.05) is 6.61 Å². The van der Waals surface area contributed by atoms with Gasteiger partial charge >= 0.3 is 7.12 Å². The van der Waals surface area contributed by atoms with E-state index in [2.05, 4.69) is 10.3 Å². The number of hydrogen-bond donors (Lipinski definition) is 0. The van der Waals surface area contributed by atoms with Gasteiger partial charge in [-0.05, 0) is 52.8 Å². The first kappa shape index (κ1) is 18.6. The van der Waals surface area contributed by atoms with Crippen molar-refractivity contribution in [2.24, 2.45) is 0 Å². The highest BCUT2D eigenvalue weighted by Gasteiger charge is 2.53. The van der Waals surface area contributed by atoms with E-state index in [9.17, 15) is 4.39 Å². The summed E-state index contributed by atoms with van der Waals surface area (Å²) in [5, 5.41) is 8.07. The summed E-state index contributed by atoms with van der Waals surface area (Å²) >= 11 is 0. The minimum atomic E-state index is -1.05. The fraction of sp³-hybridized carbons (Fsp3) is 0.444. The monoisotopic (exact) mass is 359 g/mol. The molecule has 0 amide bonds. The molecule has 0 bridgehead atoms. The quantitative estimate of drug-likeness (QED) is 0.764. The zero-order valence-corrected chi connectivity index (χ0v) is 15.7. The summed E-state index contributed by atoms with van der Waals surface area (Å²) in [6.07, 6.45) is 2.90. The molecule has 1 aliphatic heterocycles. The maximum Gasteiger partial charge on any atom is 0.525 e. The van der Waals surface area contributed by atoms with Crippen LogP contribution in [0.4, 0.5) is 4.39 Å². The average Bonchev–Trinajstić information content (AvgIpc) is 3.10. The second-order valence-corrected chi connectivity index (χ2v) is 7.11. The zero-order valence-electron chi connectivity index (χ0n) is 15.7. The standard InChI is InChI=1S/C18H23BFN3O3/c1-6-24-15-10-8-7-9-14(15)23-12-13(21-22-23)11-16(20)19-25-17(2,3)18(4,5)26-19/h7-12H,6H2,1-5H3. The van der Waals surface area contributed by atoms with Gasteiger partial charge in [0.1, 0.15) is 22.9 Å². The molecule has 2 aromatic rings. The molecule has 8 heteroatoms. The van der Waals surface area contributed by atoms with Crippen molar-refractivity contribution in [3.8, 4) is 11.4 Å². The van der Waals surface area contributed by atoms with Crippen LogP contribution in [0.5, 0.6) is 5.75 Å². The van der Waals surface area contributed by atoms with E-state index < -0.39 is 24.0 Å². The molecule has 0 aliphatic carbocycles. The van der Waals surface area contributed by atoms with Gasteiger partial charge < -0.3 is 14.0 Å². The Labute approximate surface area is 153 Å². The van der Waals surface area contributed by atoms with Gasteiger partial charge in [-0.15, -0.1) is 5.10 Å². The molecular formula is C18H23BFN3O3. The SMILES string of the molecule is CCOc1ccccc1-n1cc(C=C(F)B2OC(C)(C)C(C)(C)O2)nn1. The topological polar surface area (TPSA) is 58.4 Å². The third-order valence-electron chi connectivity index (χ3n) is 4.69. The number of aromatic nitrogens is 3. The van der Waals surface area contributed by atoms with Crippen LogP contribution in [0, 0.1) is 0 Å². The summed E-state index contributed by atoms with van der Waals surface area (Å²) in [6.45, 7) is 9.95. The molecule has 1 fully saturated rings. The number of halogens is 1. The molecule has 2 heterocycles. The van der Waals surface area contributed by atoms with Crippen LogP contribution in [-0.4, -0.2) is 39.9 Å². The molecule has 0 spiro atoms. The van der Waals surface area contributed by atoms with E-state index in [1.54, 1.807) is 10.9 Å². The van der Waals surface area contributed by atoms with Gasteiger partial charge in [0.15, 0.2) is 0 Å². The summed E-state index contributed by atoms with van der Waals surface area (Å²) in [5.74, 6) is 0.682. The molecule has 0 radical (unpaired) electrons. The second-order valence-electron chi connectivity index (χ2n) is 7.11. The minimum absolute atomic E-state index is 0.364. The first-order valence-electron chi connectivity index (χ1n) is 8.61. The van der Waals surface area contributed by atoms with Crippen molar-refractivity contribution in [1.29, 1.82) is 0 Å². The molecule has 0 N–H and O–H groups in total. The summed E-state index contributed by atoms with van der Waals surface area (Å²) in [4.78, 5) is 0. The van der Waals surface area contributed by atoms with E-state index in [4.69, 9.17) is 14.0 Å². The van der Waals surface area contributed by atoms with E-state index in [-0.39, 0.29) is 0 Å². The maximum atomic E-state index is 14.6. The van der Waals surface area contributed by atoms with Crippen LogP contribution in [0.25, 0.3) is 11.8 Å². The normalized spacial score (nSPS) is 19.0. The lowest BCUT2D eigenvalue weighted by atomic mass is 9.87. The second kappa shape index (κ2) is 6.85. The molecule has 138 valence electrons. The molecular weight excluding hydrogens is 336 g/mol. The number of para-hydroxylation sites is 2. The Morgan fingerprint density at radius 1 is 1.23 bits per heavy atom. The Balaban J connectivity index is 1.82. The predicted octanol–water partition coefficient (Wildman–Crippen LogP) is 3.61. The molecule has 6 nitrogen and oxygen atoms in total. The fourth-order valence-electron chi connectivity index (χ4n) is 2.55.